The normalized spacial score (nSPS) is 17.0. The number of benzene rings is 1. The van der Waals surface area contributed by atoms with E-state index in [0.717, 1.165) is 24.1 Å². The average Bonchev–Trinajstić information content (AvgIpc) is 3.23. The summed E-state index contributed by atoms with van der Waals surface area (Å²) in [6, 6.07) is 9.85. The predicted molar refractivity (Wildman–Crippen MR) is 90.1 cm³/mol. The second-order valence-electron chi connectivity index (χ2n) is 5.62. The summed E-state index contributed by atoms with van der Waals surface area (Å²) in [7, 11) is 1.74. The lowest BCUT2D eigenvalue weighted by Gasteiger charge is -2.22. The van der Waals surface area contributed by atoms with Crippen LogP contribution in [0.15, 0.2) is 36.5 Å². The molecule has 1 aliphatic heterocycles. The van der Waals surface area contributed by atoms with Crippen molar-refractivity contribution in [3.8, 4) is 6.19 Å². The van der Waals surface area contributed by atoms with E-state index >= 15 is 0 Å². The molecule has 1 atom stereocenters. The van der Waals surface area contributed by atoms with E-state index in [1.165, 1.54) is 16.9 Å². The second kappa shape index (κ2) is 6.80. The Morgan fingerprint density at radius 3 is 3.00 bits per heavy atom. The number of carbonyl (C=O) groups is 1. The van der Waals surface area contributed by atoms with Gasteiger partial charge in [-0.25, -0.2) is 4.98 Å². The largest absolute Gasteiger partial charge is 0.298 e. The molecule has 1 amide bonds. The van der Waals surface area contributed by atoms with Gasteiger partial charge in [-0.2, -0.15) is 5.26 Å². The number of amides is 1. The molecule has 23 heavy (non-hydrogen) atoms. The molecule has 0 N–H and O–H groups in total. The smallest absolute Gasteiger partial charge is 0.251 e. The highest BCUT2D eigenvalue weighted by Gasteiger charge is 2.33. The fourth-order valence-electron chi connectivity index (χ4n) is 2.79. The Morgan fingerprint density at radius 1 is 1.48 bits per heavy atom. The highest BCUT2D eigenvalue weighted by atomic mass is 32.1. The molecule has 1 fully saturated rings. The summed E-state index contributed by atoms with van der Waals surface area (Å²) in [6.07, 6.45) is 6.37. The summed E-state index contributed by atoms with van der Waals surface area (Å²) in [5.74, 6) is -0.0512. The molecule has 0 spiro atoms. The van der Waals surface area contributed by atoms with Crippen LogP contribution in [0, 0.1) is 11.5 Å². The Hall–Kier alpha value is -2.39. The molecule has 0 radical (unpaired) electrons. The molecule has 1 aromatic carbocycles. The van der Waals surface area contributed by atoms with Gasteiger partial charge in [0.05, 0.1) is 0 Å². The van der Waals surface area contributed by atoms with Crippen LogP contribution >= 0.6 is 11.3 Å². The van der Waals surface area contributed by atoms with E-state index < -0.39 is 0 Å². The van der Waals surface area contributed by atoms with E-state index in [9.17, 15) is 4.79 Å². The van der Waals surface area contributed by atoms with Gasteiger partial charge in [-0.05, 0) is 18.4 Å². The molecule has 2 heterocycles. The van der Waals surface area contributed by atoms with Crippen molar-refractivity contribution in [3.63, 3.8) is 0 Å². The summed E-state index contributed by atoms with van der Waals surface area (Å²) in [4.78, 5) is 21.2. The molecular formula is C17H18N4OS. The molecule has 3 rings (SSSR count). The number of hydrogen-bond acceptors (Lipinski definition) is 5. The lowest BCUT2D eigenvalue weighted by atomic mass is 10.1. The molecule has 0 saturated carbocycles. The van der Waals surface area contributed by atoms with Crippen LogP contribution in [0.2, 0.25) is 0 Å². The van der Waals surface area contributed by atoms with E-state index in [2.05, 4.69) is 23.3 Å². The summed E-state index contributed by atoms with van der Waals surface area (Å²) in [5.41, 5.74) is 1.23. The fourth-order valence-corrected chi connectivity index (χ4v) is 3.70. The van der Waals surface area contributed by atoms with Crippen LogP contribution in [-0.2, 0) is 11.2 Å². The van der Waals surface area contributed by atoms with Gasteiger partial charge in [-0.15, -0.1) is 11.3 Å². The number of rotatable bonds is 4. The third-order valence-electron chi connectivity index (χ3n) is 4.05. The summed E-state index contributed by atoms with van der Waals surface area (Å²) in [6.45, 7) is 0.665. The van der Waals surface area contributed by atoms with E-state index in [0.29, 0.717) is 11.7 Å². The van der Waals surface area contributed by atoms with Gasteiger partial charge in [-0.1, -0.05) is 30.3 Å². The number of hydrogen-bond donors (Lipinski definition) is 0. The van der Waals surface area contributed by atoms with Crippen molar-refractivity contribution in [2.45, 2.75) is 25.3 Å². The van der Waals surface area contributed by atoms with Gasteiger partial charge in [0.1, 0.15) is 6.04 Å². The molecule has 2 aromatic rings. The SMILES string of the molecule is CN(C(=O)[C@@H]1CCCN1C#N)c1ncc(Cc2ccccc2)s1. The highest BCUT2D eigenvalue weighted by molar-refractivity contribution is 7.15. The number of likely N-dealkylation sites (N-methyl/N-ethyl adjacent to an activating group) is 1. The number of anilines is 1. The summed E-state index contributed by atoms with van der Waals surface area (Å²) in [5, 5.41) is 9.78. The van der Waals surface area contributed by atoms with Gasteiger partial charge >= 0.3 is 0 Å². The Kier molecular flexibility index (Phi) is 4.58. The number of carbonyl (C=O) groups excluding carboxylic acids is 1. The van der Waals surface area contributed by atoms with Crippen LogP contribution < -0.4 is 4.90 Å². The first-order chi connectivity index (χ1) is 11.2. The maximum Gasteiger partial charge on any atom is 0.251 e. The molecule has 0 bridgehead atoms. The molecule has 1 saturated heterocycles. The van der Waals surface area contributed by atoms with Crippen LogP contribution in [0.25, 0.3) is 0 Å². The standard InChI is InChI=1S/C17H18N4OS/c1-20(16(22)15-8-5-9-21(15)12-18)17-19-11-14(23-17)10-13-6-3-2-4-7-13/h2-4,6-7,11,15H,5,8-10H2,1H3/t15-/m0/s1. The summed E-state index contributed by atoms with van der Waals surface area (Å²) < 4.78 is 0. The Labute approximate surface area is 139 Å². The van der Waals surface area contributed by atoms with Gasteiger partial charge < -0.3 is 0 Å². The van der Waals surface area contributed by atoms with Crippen LogP contribution in [0.3, 0.4) is 0 Å². The second-order valence-corrected chi connectivity index (χ2v) is 6.71. The zero-order chi connectivity index (χ0) is 16.2. The van der Waals surface area contributed by atoms with Gasteiger partial charge in [0.2, 0.25) is 0 Å². The molecule has 6 heteroatoms. The third kappa shape index (κ3) is 3.35. The number of nitriles is 1. The minimum atomic E-state index is -0.341. The van der Waals surface area contributed by atoms with Crippen molar-refractivity contribution in [1.82, 2.24) is 9.88 Å². The van der Waals surface area contributed by atoms with E-state index in [1.54, 1.807) is 16.8 Å². The third-order valence-corrected chi connectivity index (χ3v) is 5.12. The lowest BCUT2D eigenvalue weighted by Crippen LogP contribution is -2.42. The zero-order valence-electron chi connectivity index (χ0n) is 13.0. The first-order valence-corrected chi connectivity index (χ1v) is 8.43. The number of nitrogens with zero attached hydrogens (tertiary/aromatic N) is 4. The predicted octanol–water partition coefficient (Wildman–Crippen LogP) is 2.64. The molecule has 5 nitrogen and oxygen atoms in total. The lowest BCUT2D eigenvalue weighted by molar-refractivity contribution is -0.121. The van der Waals surface area contributed by atoms with E-state index in [4.69, 9.17) is 5.26 Å². The molecule has 1 aliphatic rings. The fraction of sp³-hybridized carbons (Fsp3) is 0.353. The van der Waals surface area contributed by atoms with Crippen LogP contribution in [0.4, 0.5) is 5.13 Å². The van der Waals surface area contributed by atoms with E-state index in [1.807, 2.05) is 24.4 Å². The highest BCUT2D eigenvalue weighted by Crippen LogP contribution is 2.26. The molecule has 0 aliphatic carbocycles. The van der Waals surface area contributed by atoms with Gasteiger partial charge in [0.15, 0.2) is 11.3 Å². The van der Waals surface area contributed by atoms with Crippen molar-refractivity contribution in [2.75, 3.05) is 18.5 Å². The van der Waals surface area contributed by atoms with Gasteiger partial charge in [0, 0.05) is 31.1 Å². The van der Waals surface area contributed by atoms with E-state index in [-0.39, 0.29) is 11.9 Å². The quantitative estimate of drug-likeness (QED) is 0.811. The van der Waals surface area contributed by atoms with Crippen molar-refractivity contribution >= 4 is 22.4 Å². The van der Waals surface area contributed by atoms with Gasteiger partial charge in [-0.3, -0.25) is 14.6 Å². The van der Waals surface area contributed by atoms with Crippen molar-refractivity contribution < 1.29 is 4.79 Å². The van der Waals surface area contributed by atoms with Crippen LogP contribution in [-0.4, -0.2) is 35.4 Å². The molecule has 0 unspecified atom stereocenters. The van der Waals surface area contributed by atoms with Crippen LogP contribution in [0.5, 0.6) is 0 Å². The number of likely N-dealkylation sites (tertiary alicyclic amines) is 1. The average molecular weight is 326 g/mol. The monoisotopic (exact) mass is 326 g/mol. The van der Waals surface area contributed by atoms with Crippen molar-refractivity contribution in [2.24, 2.45) is 0 Å². The summed E-state index contributed by atoms with van der Waals surface area (Å²) >= 11 is 1.52. The van der Waals surface area contributed by atoms with Crippen LogP contribution in [0.1, 0.15) is 23.3 Å². The number of thiazole rings is 1. The van der Waals surface area contributed by atoms with Crippen molar-refractivity contribution in [1.29, 1.82) is 5.26 Å². The molecule has 118 valence electrons. The Bertz CT molecular complexity index is 722. The maximum absolute atomic E-state index is 12.6. The first-order valence-electron chi connectivity index (χ1n) is 7.61. The minimum absolute atomic E-state index is 0.0512. The van der Waals surface area contributed by atoms with Crippen molar-refractivity contribution in [3.05, 3.63) is 47.0 Å². The molecule has 1 aromatic heterocycles. The van der Waals surface area contributed by atoms with Gasteiger partial charge in [0.25, 0.3) is 5.91 Å². The first kappa shape index (κ1) is 15.5. The Balaban J connectivity index is 1.70. The number of aromatic nitrogens is 1. The Morgan fingerprint density at radius 2 is 2.26 bits per heavy atom. The zero-order valence-corrected chi connectivity index (χ0v) is 13.8. The topological polar surface area (TPSA) is 60.2 Å². The minimum Gasteiger partial charge on any atom is -0.298 e. The maximum atomic E-state index is 12.6. The molecular weight excluding hydrogens is 308 g/mol.